The minimum absolute atomic E-state index is 0.648. The maximum Gasteiger partial charge on any atom is 0.337 e. The Kier molecular flexibility index (Phi) is 6.67. The monoisotopic (exact) mass is 369 g/mol. The molecule has 1 unspecified atom stereocenters. The van der Waals surface area contributed by atoms with Crippen molar-refractivity contribution in [3.63, 3.8) is 0 Å². The first kappa shape index (κ1) is 20.4. The van der Waals surface area contributed by atoms with E-state index in [1.54, 1.807) is 0 Å². The molecule has 2 rings (SSSR count). The van der Waals surface area contributed by atoms with Crippen LogP contribution in [0.3, 0.4) is 0 Å². The van der Waals surface area contributed by atoms with E-state index < -0.39 is 73.9 Å². The van der Waals surface area contributed by atoms with Crippen LogP contribution in [0.25, 0.3) is 0 Å². The van der Waals surface area contributed by atoms with Gasteiger partial charge in [0.05, 0.1) is 19.8 Å². The predicted molar refractivity (Wildman–Crippen MR) is 75.5 cm³/mol. The van der Waals surface area contributed by atoms with E-state index in [1.807, 2.05) is 0 Å². The molecule has 0 aromatic carbocycles. The third-order valence-corrected chi connectivity index (χ3v) is 4.21. The van der Waals surface area contributed by atoms with Crippen LogP contribution >= 0.6 is 0 Å². The number of methoxy groups -OCH3 is 1. The van der Waals surface area contributed by atoms with Crippen LogP contribution in [-0.2, 0) is 23.7 Å². The zero-order valence-electron chi connectivity index (χ0n) is 13.3. The number of carbonyl (C=O) groups is 1. The highest BCUT2D eigenvalue weighted by atomic mass is 16.7. The largest absolute Gasteiger partial charge is 0.467 e. The molecule has 0 aromatic rings. The topological polar surface area (TPSA) is 201 Å². The number of nitrogens with two attached hydrogens (primary N) is 1. The molecule has 0 aromatic heterocycles. The van der Waals surface area contributed by atoms with Gasteiger partial charge < -0.3 is 55.3 Å². The molecule has 0 spiro atoms. The zero-order valence-corrected chi connectivity index (χ0v) is 13.3. The van der Waals surface area contributed by atoms with E-state index in [4.69, 9.17) is 25.1 Å². The number of rotatable bonds is 4. The molecule has 0 bridgehead atoms. The predicted octanol–water partition coefficient (Wildman–Crippen LogP) is -5.25. The maximum absolute atomic E-state index is 11.6. The third-order valence-electron chi connectivity index (χ3n) is 4.21. The first-order chi connectivity index (χ1) is 11.7. The summed E-state index contributed by atoms with van der Waals surface area (Å²) in [5.41, 5.74) is 5.69. The summed E-state index contributed by atoms with van der Waals surface area (Å²) < 4.78 is 19.8. The Hall–Kier alpha value is -0.930. The minimum atomic E-state index is -1.81. The van der Waals surface area contributed by atoms with Crippen molar-refractivity contribution in [3.05, 3.63) is 0 Å². The second-order valence-corrected chi connectivity index (χ2v) is 5.84. The van der Waals surface area contributed by atoms with Gasteiger partial charge in [0.2, 0.25) is 0 Å². The Morgan fingerprint density at radius 1 is 1.04 bits per heavy atom. The van der Waals surface area contributed by atoms with Crippen LogP contribution in [-0.4, -0.2) is 112 Å². The Morgan fingerprint density at radius 2 is 1.68 bits per heavy atom. The van der Waals surface area contributed by atoms with Gasteiger partial charge in [-0.25, -0.2) is 4.79 Å². The number of aliphatic hydroxyl groups excluding tert-OH is 6. The molecule has 10 atom stereocenters. The van der Waals surface area contributed by atoms with Gasteiger partial charge in [-0.2, -0.15) is 0 Å². The van der Waals surface area contributed by atoms with Crippen molar-refractivity contribution in [2.75, 3.05) is 13.7 Å². The summed E-state index contributed by atoms with van der Waals surface area (Å²) in [5.74, 6) is -1.02. The number of hydrogen-bond acceptors (Lipinski definition) is 12. The Bertz CT molecular complexity index is 465. The average molecular weight is 369 g/mol. The van der Waals surface area contributed by atoms with Crippen LogP contribution in [0.4, 0.5) is 0 Å². The van der Waals surface area contributed by atoms with Crippen LogP contribution in [0.5, 0.6) is 0 Å². The first-order valence-electron chi connectivity index (χ1n) is 7.53. The van der Waals surface area contributed by atoms with Crippen molar-refractivity contribution in [1.29, 1.82) is 0 Å². The summed E-state index contributed by atoms with van der Waals surface area (Å²) in [5, 5.41) is 58.7. The molecule has 2 aliphatic heterocycles. The van der Waals surface area contributed by atoms with E-state index in [2.05, 4.69) is 4.74 Å². The molecule has 0 aliphatic carbocycles. The molecule has 2 aliphatic rings. The van der Waals surface area contributed by atoms with Gasteiger partial charge in [0.1, 0.15) is 36.6 Å². The number of ether oxygens (including phenoxy) is 4. The number of aliphatic hydroxyl groups is 6. The highest BCUT2D eigenvalue weighted by Crippen LogP contribution is 2.28. The molecule has 2 heterocycles. The van der Waals surface area contributed by atoms with E-state index in [0.717, 1.165) is 7.11 Å². The van der Waals surface area contributed by atoms with Crippen molar-refractivity contribution in [2.45, 2.75) is 61.3 Å². The van der Waals surface area contributed by atoms with Gasteiger partial charge in [0, 0.05) is 0 Å². The quantitative estimate of drug-likeness (QED) is 0.232. The van der Waals surface area contributed by atoms with Crippen molar-refractivity contribution < 1.29 is 54.4 Å². The van der Waals surface area contributed by atoms with Gasteiger partial charge in [-0.05, 0) is 0 Å². The van der Waals surface area contributed by atoms with Gasteiger partial charge in [-0.3, -0.25) is 0 Å². The lowest BCUT2D eigenvalue weighted by Gasteiger charge is -2.45. The van der Waals surface area contributed by atoms with Crippen molar-refractivity contribution in [3.8, 4) is 0 Å². The van der Waals surface area contributed by atoms with Crippen molar-refractivity contribution in [2.24, 2.45) is 5.73 Å². The lowest BCUT2D eigenvalue weighted by molar-refractivity contribution is -0.335. The smallest absolute Gasteiger partial charge is 0.337 e. The fourth-order valence-electron chi connectivity index (χ4n) is 2.70. The lowest BCUT2D eigenvalue weighted by atomic mass is 9.96. The molecule has 2 saturated heterocycles. The van der Waals surface area contributed by atoms with E-state index in [0.29, 0.717) is 0 Å². The van der Waals surface area contributed by atoms with E-state index >= 15 is 0 Å². The lowest BCUT2D eigenvalue weighted by Crippen LogP contribution is -2.66. The zero-order chi connectivity index (χ0) is 18.9. The second-order valence-electron chi connectivity index (χ2n) is 5.84. The summed E-state index contributed by atoms with van der Waals surface area (Å²) in [6.45, 7) is -0.648. The van der Waals surface area contributed by atoms with Crippen LogP contribution in [0.2, 0.25) is 0 Å². The van der Waals surface area contributed by atoms with Gasteiger partial charge in [-0.15, -0.1) is 0 Å². The standard InChI is InChI=1S/C13H23NO11/c1-22-12(21)10-7(18)6(17)8(19)13(25-10)24-9-4(14)11(20)23-3(2-15)5(9)16/h3-11,13,15-20H,2,14H2,1H3/t3-,4-,5+,6+,7+,8-,9-,10+,11?,13-/m1/s1. The van der Waals surface area contributed by atoms with Gasteiger partial charge >= 0.3 is 5.97 Å². The molecule has 25 heavy (non-hydrogen) atoms. The molecule has 0 amide bonds. The van der Waals surface area contributed by atoms with Crippen LogP contribution in [0.1, 0.15) is 0 Å². The fourth-order valence-corrected chi connectivity index (χ4v) is 2.70. The number of carbonyl (C=O) groups excluding carboxylic acids is 1. The Labute approximate surface area is 142 Å². The van der Waals surface area contributed by atoms with E-state index in [9.17, 15) is 30.3 Å². The molecule has 8 N–H and O–H groups in total. The normalized spacial score (nSPS) is 48.2. The summed E-state index contributed by atoms with van der Waals surface area (Å²) in [4.78, 5) is 11.6. The summed E-state index contributed by atoms with van der Waals surface area (Å²) in [7, 11) is 1.03. The summed E-state index contributed by atoms with van der Waals surface area (Å²) in [6, 6.07) is -1.28. The summed E-state index contributed by atoms with van der Waals surface area (Å²) in [6.07, 6.45) is -14.4. The summed E-state index contributed by atoms with van der Waals surface area (Å²) >= 11 is 0. The van der Waals surface area contributed by atoms with Gasteiger partial charge in [-0.1, -0.05) is 0 Å². The molecular weight excluding hydrogens is 346 g/mol. The van der Waals surface area contributed by atoms with Crippen LogP contribution < -0.4 is 5.73 Å². The van der Waals surface area contributed by atoms with Crippen molar-refractivity contribution >= 4 is 5.97 Å². The molecule has 2 fully saturated rings. The molecule has 146 valence electrons. The molecular formula is C13H23NO11. The minimum Gasteiger partial charge on any atom is -0.467 e. The van der Waals surface area contributed by atoms with E-state index in [-0.39, 0.29) is 0 Å². The number of esters is 1. The SMILES string of the molecule is COC(=O)[C@H]1O[C@@H](O[C@H]2[C@@H](O)[C@@H](CO)OC(O)[C@@H]2N)[C@H](O)[C@@H](O)[C@@H]1O. The fraction of sp³-hybridized carbons (Fsp3) is 0.923. The average Bonchev–Trinajstić information content (AvgIpc) is 2.60. The highest BCUT2D eigenvalue weighted by molar-refractivity contribution is 5.75. The Morgan fingerprint density at radius 3 is 2.24 bits per heavy atom. The second kappa shape index (κ2) is 8.18. The first-order valence-corrected chi connectivity index (χ1v) is 7.53. The number of hydrogen-bond donors (Lipinski definition) is 7. The van der Waals surface area contributed by atoms with Crippen LogP contribution in [0, 0.1) is 0 Å². The van der Waals surface area contributed by atoms with Crippen molar-refractivity contribution in [1.82, 2.24) is 0 Å². The maximum atomic E-state index is 11.6. The van der Waals surface area contributed by atoms with Crippen LogP contribution in [0.15, 0.2) is 0 Å². The Balaban J connectivity index is 2.17. The van der Waals surface area contributed by atoms with E-state index in [1.165, 1.54) is 0 Å². The van der Waals surface area contributed by atoms with Gasteiger partial charge in [0.15, 0.2) is 18.7 Å². The molecule has 0 saturated carbocycles. The highest BCUT2D eigenvalue weighted by Gasteiger charge is 2.51. The molecule has 12 nitrogen and oxygen atoms in total. The van der Waals surface area contributed by atoms with Gasteiger partial charge in [0.25, 0.3) is 0 Å². The molecule has 12 heteroatoms. The molecule has 0 radical (unpaired) electrons. The third kappa shape index (κ3) is 3.93.